The summed E-state index contributed by atoms with van der Waals surface area (Å²) >= 11 is 12.8. The Morgan fingerprint density at radius 2 is 1.67 bits per heavy atom. The molecule has 2 N–H and O–H groups in total. The monoisotopic (exact) mass is 588 g/mol. The van der Waals surface area contributed by atoms with Gasteiger partial charge in [0.1, 0.15) is 5.75 Å². The first-order valence-electron chi connectivity index (χ1n) is 11.3. The van der Waals surface area contributed by atoms with Crippen LogP contribution in [0.3, 0.4) is 0 Å². The van der Waals surface area contributed by atoms with Crippen molar-refractivity contribution in [3.8, 4) is 23.0 Å². The Morgan fingerprint density at radius 3 is 2.28 bits per heavy atom. The Hall–Kier alpha value is -3.86. The number of halogens is 2. The third kappa shape index (κ3) is 6.08. The van der Waals surface area contributed by atoms with E-state index in [2.05, 4.69) is 5.32 Å². The second kappa shape index (κ2) is 11.9. The second-order valence-corrected chi connectivity index (χ2v) is 9.97. The van der Waals surface area contributed by atoms with Gasteiger partial charge in [0.25, 0.3) is 17.1 Å². The van der Waals surface area contributed by atoms with Crippen molar-refractivity contribution in [1.82, 2.24) is 4.90 Å². The molecule has 3 aromatic carbocycles. The number of carbonyl (C=O) groups is 3. The van der Waals surface area contributed by atoms with Crippen molar-refractivity contribution in [3.05, 3.63) is 80.2 Å². The van der Waals surface area contributed by atoms with Gasteiger partial charge in [-0.3, -0.25) is 19.3 Å². The van der Waals surface area contributed by atoms with Gasteiger partial charge >= 0.3 is 0 Å². The van der Waals surface area contributed by atoms with Gasteiger partial charge in [-0.25, -0.2) is 0 Å². The van der Waals surface area contributed by atoms with E-state index in [0.717, 1.165) is 16.7 Å². The third-order valence-electron chi connectivity index (χ3n) is 5.68. The lowest BCUT2D eigenvalue weighted by Crippen LogP contribution is -2.27. The zero-order chi connectivity index (χ0) is 28.3. The summed E-state index contributed by atoms with van der Waals surface area (Å²) in [4.78, 5) is 39.8. The molecule has 0 aromatic heterocycles. The maximum atomic E-state index is 13.0. The molecule has 4 rings (SSSR count). The molecule has 0 aliphatic carbocycles. The summed E-state index contributed by atoms with van der Waals surface area (Å²) in [6.45, 7) is 0.0247. The van der Waals surface area contributed by atoms with Gasteiger partial charge in [0.15, 0.2) is 11.5 Å². The molecule has 39 heavy (non-hydrogen) atoms. The van der Waals surface area contributed by atoms with Crippen LogP contribution in [0.1, 0.15) is 21.5 Å². The highest BCUT2D eigenvalue weighted by molar-refractivity contribution is 8.18. The molecular weight excluding hydrogens is 567 g/mol. The zero-order valence-electron chi connectivity index (χ0n) is 20.9. The van der Waals surface area contributed by atoms with Crippen molar-refractivity contribution in [1.29, 1.82) is 0 Å². The molecule has 9 nitrogen and oxygen atoms in total. The zero-order valence-corrected chi connectivity index (χ0v) is 23.2. The average Bonchev–Trinajstić information content (AvgIpc) is 3.18. The number of rotatable bonds is 8. The number of ether oxygens (including phenoxy) is 3. The van der Waals surface area contributed by atoms with Gasteiger partial charge in [-0.2, -0.15) is 0 Å². The van der Waals surface area contributed by atoms with E-state index in [1.165, 1.54) is 45.6 Å². The van der Waals surface area contributed by atoms with Crippen LogP contribution in [0.5, 0.6) is 23.0 Å². The summed E-state index contributed by atoms with van der Waals surface area (Å²) < 4.78 is 15.9. The fraction of sp³-hybridized carbons (Fsp3) is 0.148. The van der Waals surface area contributed by atoms with Crippen molar-refractivity contribution in [2.24, 2.45) is 0 Å². The first-order chi connectivity index (χ1) is 18.6. The van der Waals surface area contributed by atoms with Crippen LogP contribution < -0.4 is 19.5 Å². The molecule has 1 heterocycles. The van der Waals surface area contributed by atoms with Crippen LogP contribution in [-0.2, 0) is 11.3 Å². The van der Waals surface area contributed by atoms with Gasteiger partial charge in [-0.05, 0) is 53.2 Å². The maximum Gasteiger partial charge on any atom is 0.293 e. The molecule has 0 atom stereocenters. The minimum absolute atomic E-state index is 0.0247. The van der Waals surface area contributed by atoms with E-state index in [-0.39, 0.29) is 22.8 Å². The van der Waals surface area contributed by atoms with Crippen molar-refractivity contribution >= 4 is 63.8 Å². The maximum absolute atomic E-state index is 13.0. The molecule has 3 amide bonds. The summed E-state index contributed by atoms with van der Waals surface area (Å²) in [5.41, 5.74) is 1.36. The highest BCUT2D eigenvalue weighted by Crippen LogP contribution is 2.40. The molecular formula is C27H22Cl2N2O7S. The highest BCUT2D eigenvalue weighted by Gasteiger charge is 2.35. The number of hydrogen-bond acceptors (Lipinski definition) is 8. The molecule has 202 valence electrons. The summed E-state index contributed by atoms with van der Waals surface area (Å²) in [5.74, 6) is -0.360. The lowest BCUT2D eigenvalue weighted by molar-refractivity contribution is -0.123. The van der Waals surface area contributed by atoms with Crippen molar-refractivity contribution in [2.45, 2.75) is 6.54 Å². The fourth-order valence-corrected chi connectivity index (χ4v) is 4.94. The van der Waals surface area contributed by atoms with Crippen LogP contribution in [0, 0.1) is 0 Å². The number of phenolic OH excluding ortho intramolecular Hbond substituents is 1. The molecule has 1 saturated heterocycles. The van der Waals surface area contributed by atoms with Gasteiger partial charge < -0.3 is 24.6 Å². The number of amides is 3. The molecule has 0 unspecified atom stereocenters. The average molecular weight is 589 g/mol. The number of anilines is 1. The summed E-state index contributed by atoms with van der Waals surface area (Å²) in [5, 5.41) is 13.3. The minimum atomic E-state index is -0.621. The minimum Gasteiger partial charge on any atom is -0.507 e. The number of nitrogens with one attached hydrogen (secondary N) is 1. The molecule has 0 spiro atoms. The Bertz CT molecular complexity index is 1480. The molecule has 1 fully saturated rings. The van der Waals surface area contributed by atoms with Crippen LogP contribution in [0.25, 0.3) is 6.08 Å². The number of nitrogens with zero attached hydrogens (tertiary/aromatic N) is 1. The quantitative estimate of drug-likeness (QED) is 0.298. The lowest BCUT2D eigenvalue weighted by Gasteiger charge is -2.15. The van der Waals surface area contributed by atoms with E-state index in [4.69, 9.17) is 37.4 Å². The highest BCUT2D eigenvalue weighted by atomic mass is 35.5. The van der Waals surface area contributed by atoms with E-state index in [0.29, 0.717) is 44.1 Å². The summed E-state index contributed by atoms with van der Waals surface area (Å²) in [6.07, 6.45) is 1.48. The Morgan fingerprint density at radius 1 is 0.974 bits per heavy atom. The molecule has 3 aromatic rings. The number of thioether (sulfide) groups is 1. The molecule has 12 heteroatoms. The SMILES string of the molecule is COc1cc(NC(=O)c2cc(C=C3SC(=O)N(Cc4ccc(Cl)c(Cl)c4)C3=O)ccc2O)cc(OC)c1OC. The first kappa shape index (κ1) is 28.2. The Labute approximate surface area is 238 Å². The van der Waals surface area contributed by atoms with Gasteiger partial charge in [0.2, 0.25) is 5.75 Å². The van der Waals surface area contributed by atoms with Crippen LogP contribution in [0.2, 0.25) is 10.0 Å². The smallest absolute Gasteiger partial charge is 0.293 e. The fourth-order valence-electron chi connectivity index (χ4n) is 3.79. The lowest BCUT2D eigenvalue weighted by atomic mass is 10.1. The molecule has 0 saturated carbocycles. The van der Waals surface area contributed by atoms with Crippen molar-refractivity contribution in [3.63, 3.8) is 0 Å². The van der Waals surface area contributed by atoms with E-state index >= 15 is 0 Å². The molecule has 1 aliphatic rings. The number of hydrogen-bond donors (Lipinski definition) is 2. The number of imide groups is 1. The Kier molecular flexibility index (Phi) is 8.59. The summed E-state index contributed by atoms with van der Waals surface area (Å²) in [6, 6.07) is 12.2. The molecule has 1 aliphatic heterocycles. The topological polar surface area (TPSA) is 114 Å². The predicted molar refractivity (Wildman–Crippen MR) is 150 cm³/mol. The van der Waals surface area contributed by atoms with Gasteiger partial charge in [0, 0.05) is 17.8 Å². The van der Waals surface area contributed by atoms with E-state index in [1.807, 2.05) is 0 Å². The molecule has 0 bridgehead atoms. The van der Waals surface area contributed by atoms with E-state index in [9.17, 15) is 19.5 Å². The van der Waals surface area contributed by atoms with Crippen LogP contribution in [0.15, 0.2) is 53.4 Å². The van der Waals surface area contributed by atoms with Crippen molar-refractivity contribution in [2.75, 3.05) is 26.6 Å². The number of benzene rings is 3. The van der Waals surface area contributed by atoms with Gasteiger partial charge in [-0.1, -0.05) is 35.3 Å². The summed E-state index contributed by atoms with van der Waals surface area (Å²) in [7, 11) is 4.36. The number of carbonyl (C=O) groups excluding carboxylic acids is 3. The number of phenols is 1. The second-order valence-electron chi connectivity index (χ2n) is 8.16. The first-order valence-corrected chi connectivity index (χ1v) is 12.9. The predicted octanol–water partition coefficient (Wildman–Crippen LogP) is 6.21. The Balaban J connectivity index is 1.56. The van der Waals surface area contributed by atoms with E-state index < -0.39 is 17.1 Å². The van der Waals surface area contributed by atoms with Gasteiger partial charge in [-0.15, -0.1) is 0 Å². The van der Waals surface area contributed by atoms with Crippen molar-refractivity contribution < 1.29 is 33.7 Å². The number of aromatic hydroxyl groups is 1. The van der Waals surface area contributed by atoms with Gasteiger partial charge in [0.05, 0.1) is 48.4 Å². The molecule has 0 radical (unpaired) electrons. The standard InChI is InChI=1S/C27H22Cl2N2O7S/c1-36-21-11-16(12-22(37-2)24(21)38-3)30-25(33)17-8-14(5-7-20(17)32)10-23-26(34)31(27(35)39-23)13-15-4-6-18(28)19(29)9-15/h4-12,32H,13H2,1-3H3,(H,30,33). The third-order valence-corrected chi connectivity index (χ3v) is 7.33. The normalized spacial score (nSPS) is 14.1. The van der Waals surface area contributed by atoms with Crippen LogP contribution in [0.4, 0.5) is 10.5 Å². The largest absolute Gasteiger partial charge is 0.507 e. The van der Waals surface area contributed by atoms with E-state index in [1.54, 1.807) is 30.3 Å². The van der Waals surface area contributed by atoms with Crippen LogP contribution in [-0.4, -0.2) is 48.4 Å². The van der Waals surface area contributed by atoms with Crippen LogP contribution >= 0.6 is 35.0 Å². The number of methoxy groups -OCH3 is 3.